The van der Waals surface area contributed by atoms with Gasteiger partial charge in [0.15, 0.2) is 0 Å². The molecule has 0 aliphatic carbocycles. The Morgan fingerprint density at radius 1 is 1.12 bits per heavy atom. The normalized spacial score (nSPS) is 10.1. The Morgan fingerprint density at radius 3 is 2.62 bits per heavy atom. The Morgan fingerprint density at radius 2 is 1.94 bits per heavy atom. The van der Waals surface area contributed by atoms with Gasteiger partial charge in [0.1, 0.15) is 11.6 Å². The molecule has 0 fully saturated rings. The van der Waals surface area contributed by atoms with Crippen LogP contribution in [-0.2, 0) is 6.61 Å². The highest BCUT2D eigenvalue weighted by molar-refractivity contribution is 5.36. The van der Waals surface area contributed by atoms with Crippen LogP contribution in [0.2, 0.25) is 0 Å². The van der Waals surface area contributed by atoms with Crippen molar-refractivity contribution < 1.29 is 9.84 Å². The molecule has 2 aromatic rings. The summed E-state index contributed by atoms with van der Waals surface area (Å²) in [5.74, 6) is 1.24. The summed E-state index contributed by atoms with van der Waals surface area (Å²) >= 11 is 0. The molecule has 0 bridgehead atoms. The number of ether oxygens (including phenoxy) is 1. The van der Waals surface area contributed by atoms with Gasteiger partial charge in [-0.05, 0) is 12.1 Å². The Hall–Kier alpha value is -2.14. The van der Waals surface area contributed by atoms with E-state index in [1.165, 1.54) is 0 Å². The van der Waals surface area contributed by atoms with Crippen LogP contribution in [0.4, 0.5) is 5.82 Å². The zero-order chi connectivity index (χ0) is 11.4. The van der Waals surface area contributed by atoms with E-state index in [1.807, 2.05) is 12.1 Å². The fourth-order valence-electron chi connectivity index (χ4n) is 1.23. The summed E-state index contributed by atoms with van der Waals surface area (Å²) in [6.07, 6.45) is 0. The first-order valence-corrected chi connectivity index (χ1v) is 4.75. The number of nitrogens with zero attached hydrogens (tertiary/aromatic N) is 2. The van der Waals surface area contributed by atoms with Gasteiger partial charge in [0.2, 0.25) is 5.88 Å². The fraction of sp³-hybridized carbons (Fsp3) is 0.0909. The van der Waals surface area contributed by atoms with Gasteiger partial charge in [-0.2, -0.15) is 0 Å². The number of hydrogen-bond acceptors (Lipinski definition) is 5. The largest absolute Gasteiger partial charge is 0.437 e. The smallest absolute Gasteiger partial charge is 0.239 e. The molecule has 0 saturated heterocycles. The van der Waals surface area contributed by atoms with Crippen LogP contribution in [0.1, 0.15) is 5.56 Å². The summed E-state index contributed by atoms with van der Waals surface area (Å²) in [6.45, 7) is -0.0847. The van der Waals surface area contributed by atoms with E-state index in [9.17, 15) is 0 Å². The van der Waals surface area contributed by atoms with Gasteiger partial charge < -0.3 is 15.6 Å². The monoisotopic (exact) mass is 217 g/mol. The van der Waals surface area contributed by atoms with E-state index in [2.05, 4.69) is 10.2 Å². The fourth-order valence-corrected chi connectivity index (χ4v) is 1.23. The number of para-hydroxylation sites is 1. The first kappa shape index (κ1) is 10.4. The average Bonchev–Trinajstić information content (AvgIpc) is 2.33. The predicted molar refractivity (Wildman–Crippen MR) is 58.9 cm³/mol. The molecule has 1 aromatic carbocycles. The minimum Gasteiger partial charge on any atom is -0.437 e. The molecule has 5 nitrogen and oxygen atoms in total. The Bertz CT molecular complexity index is 471. The Kier molecular flexibility index (Phi) is 2.98. The van der Waals surface area contributed by atoms with Crippen molar-refractivity contribution in [3.63, 3.8) is 0 Å². The van der Waals surface area contributed by atoms with Crippen LogP contribution in [0.15, 0.2) is 36.4 Å². The van der Waals surface area contributed by atoms with Gasteiger partial charge in [-0.15, -0.1) is 10.2 Å². The first-order valence-electron chi connectivity index (χ1n) is 4.75. The molecular weight excluding hydrogens is 206 g/mol. The molecule has 0 aliphatic rings. The maximum absolute atomic E-state index is 9.10. The topological polar surface area (TPSA) is 81.3 Å². The van der Waals surface area contributed by atoms with Crippen molar-refractivity contribution >= 4 is 5.82 Å². The molecule has 0 amide bonds. The van der Waals surface area contributed by atoms with E-state index in [4.69, 9.17) is 15.6 Å². The number of benzene rings is 1. The molecule has 0 radical (unpaired) electrons. The second kappa shape index (κ2) is 4.59. The van der Waals surface area contributed by atoms with Crippen LogP contribution in [0.25, 0.3) is 0 Å². The lowest BCUT2D eigenvalue weighted by atomic mass is 10.2. The van der Waals surface area contributed by atoms with E-state index < -0.39 is 0 Å². The molecule has 16 heavy (non-hydrogen) atoms. The number of aliphatic hydroxyl groups is 1. The van der Waals surface area contributed by atoms with Crippen LogP contribution in [0, 0.1) is 0 Å². The van der Waals surface area contributed by atoms with Crippen LogP contribution in [-0.4, -0.2) is 15.3 Å². The van der Waals surface area contributed by atoms with Gasteiger partial charge in [-0.3, -0.25) is 0 Å². The molecule has 0 saturated carbocycles. The lowest BCUT2D eigenvalue weighted by molar-refractivity contribution is 0.276. The number of anilines is 1. The number of hydrogen-bond donors (Lipinski definition) is 2. The van der Waals surface area contributed by atoms with Gasteiger partial charge in [0, 0.05) is 11.6 Å². The van der Waals surface area contributed by atoms with Gasteiger partial charge in [-0.25, -0.2) is 0 Å². The summed E-state index contributed by atoms with van der Waals surface area (Å²) in [6, 6.07) is 10.4. The molecule has 1 heterocycles. The third-order valence-electron chi connectivity index (χ3n) is 2.02. The maximum Gasteiger partial charge on any atom is 0.239 e. The van der Waals surface area contributed by atoms with Crippen LogP contribution < -0.4 is 10.5 Å². The van der Waals surface area contributed by atoms with Crippen molar-refractivity contribution in [1.29, 1.82) is 0 Å². The summed E-state index contributed by atoms with van der Waals surface area (Å²) in [5, 5.41) is 16.5. The first-order chi connectivity index (χ1) is 7.79. The number of rotatable bonds is 3. The summed E-state index contributed by atoms with van der Waals surface area (Å²) in [5.41, 5.74) is 6.10. The molecule has 0 unspecified atom stereocenters. The van der Waals surface area contributed by atoms with Crippen molar-refractivity contribution in [2.24, 2.45) is 0 Å². The molecule has 82 valence electrons. The van der Waals surface area contributed by atoms with Crippen LogP contribution in [0.5, 0.6) is 11.6 Å². The van der Waals surface area contributed by atoms with Gasteiger partial charge in [0.05, 0.1) is 6.61 Å². The second-order valence-electron chi connectivity index (χ2n) is 3.16. The van der Waals surface area contributed by atoms with Crippen molar-refractivity contribution in [1.82, 2.24) is 10.2 Å². The van der Waals surface area contributed by atoms with Crippen molar-refractivity contribution in [2.45, 2.75) is 6.61 Å². The Labute approximate surface area is 92.5 Å². The summed E-state index contributed by atoms with van der Waals surface area (Å²) < 4.78 is 5.47. The molecule has 5 heteroatoms. The van der Waals surface area contributed by atoms with Gasteiger partial charge in [-0.1, -0.05) is 18.2 Å². The van der Waals surface area contributed by atoms with E-state index >= 15 is 0 Å². The maximum atomic E-state index is 9.10. The molecule has 0 spiro atoms. The molecule has 2 rings (SSSR count). The molecular formula is C11H11N3O2. The quantitative estimate of drug-likeness (QED) is 0.810. The zero-order valence-corrected chi connectivity index (χ0v) is 8.50. The third kappa shape index (κ3) is 2.26. The zero-order valence-electron chi connectivity index (χ0n) is 8.50. The van der Waals surface area contributed by atoms with Crippen molar-refractivity contribution in [2.75, 3.05) is 5.73 Å². The van der Waals surface area contributed by atoms with Crippen LogP contribution in [0.3, 0.4) is 0 Å². The average molecular weight is 217 g/mol. The lowest BCUT2D eigenvalue weighted by Gasteiger charge is -2.07. The highest BCUT2D eigenvalue weighted by atomic mass is 16.5. The van der Waals surface area contributed by atoms with E-state index in [0.717, 1.165) is 0 Å². The number of nitrogen functional groups attached to an aromatic ring is 1. The van der Waals surface area contributed by atoms with E-state index in [0.29, 0.717) is 23.0 Å². The predicted octanol–water partition coefficient (Wildman–Crippen LogP) is 1.34. The minimum atomic E-state index is -0.0847. The lowest BCUT2D eigenvalue weighted by Crippen LogP contribution is -1.96. The van der Waals surface area contributed by atoms with Gasteiger partial charge in [0.25, 0.3) is 0 Å². The van der Waals surface area contributed by atoms with Crippen molar-refractivity contribution in [3.8, 4) is 11.6 Å². The SMILES string of the molecule is Nc1ccc(Oc2ccccc2CO)nn1. The van der Waals surface area contributed by atoms with Crippen molar-refractivity contribution in [3.05, 3.63) is 42.0 Å². The molecule has 1 aromatic heterocycles. The number of nitrogens with two attached hydrogens (primary N) is 1. The molecule has 3 N–H and O–H groups in total. The summed E-state index contributed by atoms with van der Waals surface area (Å²) in [4.78, 5) is 0. The molecule has 0 aliphatic heterocycles. The van der Waals surface area contributed by atoms with Gasteiger partial charge >= 0.3 is 0 Å². The summed E-state index contributed by atoms with van der Waals surface area (Å²) in [7, 11) is 0. The van der Waals surface area contributed by atoms with E-state index in [-0.39, 0.29) is 6.61 Å². The third-order valence-corrected chi connectivity index (χ3v) is 2.02. The molecule has 0 atom stereocenters. The highest BCUT2D eigenvalue weighted by Crippen LogP contribution is 2.23. The second-order valence-corrected chi connectivity index (χ2v) is 3.16. The standard InChI is InChI=1S/C11H11N3O2/c12-10-5-6-11(14-13-10)16-9-4-2-1-3-8(9)7-15/h1-6,15H,7H2,(H2,12,13). The van der Waals surface area contributed by atoms with E-state index in [1.54, 1.807) is 24.3 Å². The number of aromatic nitrogens is 2. The Balaban J connectivity index is 2.23. The minimum absolute atomic E-state index is 0.0847. The highest BCUT2D eigenvalue weighted by Gasteiger charge is 2.04. The number of aliphatic hydroxyl groups excluding tert-OH is 1. The van der Waals surface area contributed by atoms with Crippen LogP contribution >= 0.6 is 0 Å².